The van der Waals surface area contributed by atoms with Crippen LogP contribution in [-0.2, 0) is 9.59 Å². The number of carboxylic acids is 1. The van der Waals surface area contributed by atoms with Gasteiger partial charge in [-0.3, -0.25) is 9.59 Å². The van der Waals surface area contributed by atoms with E-state index in [0.717, 1.165) is 25.9 Å². The fraction of sp³-hybridized carbons (Fsp3) is 0.846. The van der Waals surface area contributed by atoms with E-state index in [1.54, 1.807) is 0 Å². The van der Waals surface area contributed by atoms with Crippen molar-refractivity contribution in [3.8, 4) is 0 Å². The predicted octanol–water partition coefficient (Wildman–Crippen LogP) is 0.650. The number of amides is 1. The smallest absolute Gasteiger partial charge is 0.306 e. The Morgan fingerprint density at radius 2 is 1.56 bits per heavy atom. The largest absolute Gasteiger partial charge is 0.481 e. The third kappa shape index (κ3) is 2.66. The van der Waals surface area contributed by atoms with Gasteiger partial charge in [-0.15, -0.1) is 0 Å². The molecule has 1 aliphatic heterocycles. The summed E-state index contributed by atoms with van der Waals surface area (Å²) in [7, 11) is 4.06. The van der Waals surface area contributed by atoms with Crippen LogP contribution in [0.2, 0.25) is 0 Å². The molecule has 1 heterocycles. The molecule has 0 aromatic heterocycles. The fourth-order valence-corrected chi connectivity index (χ4v) is 2.81. The summed E-state index contributed by atoms with van der Waals surface area (Å²) in [5.74, 6) is -0.655. The van der Waals surface area contributed by atoms with Crippen LogP contribution in [0.15, 0.2) is 0 Å². The van der Waals surface area contributed by atoms with Gasteiger partial charge in [0.15, 0.2) is 0 Å². The lowest BCUT2D eigenvalue weighted by Crippen LogP contribution is -2.60. The molecular formula is C13H22N2O3. The van der Waals surface area contributed by atoms with E-state index in [4.69, 9.17) is 5.11 Å². The van der Waals surface area contributed by atoms with Gasteiger partial charge >= 0.3 is 5.97 Å². The van der Waals surface area contributed by atoms with Crippen molar-refractivity contribution in [3.63, 3.8) is 0 Å². The molecule has 0 aromatic rings. The van der Waals surface area contributed by atoms with Gasteiger partial charge in [-0.2, -0.15) is 0 Å². The Kier molecular flexibility index (Phi) is 3.90. The number of carboxylic acid groups (broad SMARTS) is 1. The molecule has 102 valence electrons. The zero-order valence-electron chi connectivity index (χ0n) is 11.1. The van der Waals surface area contributed by atoms with Gasteiger partial charge in [0.1, 0.15) is 0 Å². The zero-order valence-corrected chi connectivity index (χ0v) is 11.1. The Balaban J connectivity index is 1.77. The molecule has 18 heavy (non-hydrogen) atoms. The molecule has 1 N–H and O–H groups in total. The Bertz CT molecular complexity index is 329. The molecule has 0 atom stereocenters. The maximum absolute atomic E-state index is 12.2. The van der Waals surface area contributed by atoms with Crippen LogP contribution < -0.4 is 0 Å². The van der Waals surface area contributed by atoms with E-state index in [1.165, 1.54) is 0 Å². The second kappa shape index (κ2) is 5.26. The summed E-state index contributed by atoms with van der Waals surface area (Å²) in [6, 6.07) is 0.490. The van der Waals surface area contributed by atoms with Gasteiger partial charge in [-0.1, -0.05) is 0 Å². The number of likely N-dealkylation sites (tertiary alicyclic amines) is 1. The first-order valence-electron chi connectivity index (χ1n) is 6.67. The summed E-state index contributed by atoms with van der Waals surface area (Å²) >= 11 is 0. The third-order valence-electron chi connectivity index (χ3n) is 4.33. The summed E-state index contributed by atoms with van der Waals surface area (Å²) in [6.45, 7) is 1.65. The van der Waals surface area contributed by atoms with Gasteiger partial charge in [0.2, 0.25) is 5.91 Å². The normalized spacial score (nSPS) is 29.2. The minimum absolute atomic E-state index is 0.0590. The van der Waals surface area contributed by atoms with Crippen LogP contribution in [0.25, 0.3) is 0 Å². The highest BCUT2D eigenvalue weighted by atomic mass is 16.4. The maximum atomic E-state index is 12.2. The SMILES string of the molecule is CN(C)C1CN(C(=O)C2CCC(C(=O)O)CC2)C1. The molecule has 5 nitrogen and oxygen atoms in total. The number of hydrogen-bond donors (Lipinski definition) is 1. The topological polar surface area (TPSA) is 60.9 Å². The number of carbonyl (C=O) groups is 2. The van der Waals surface area contributed by atoms with Gasteiger partial charge in [-0.25, -0.2) is 0 Å². The Morgan fingerprint density at radius 1 is 1.06 bits per heavy atom. The minimum Gasteiger partial charge on any atom is -0.481 e. The highest BCUT2D eigenvalue weighted by Crippen LogP contribution is 2.31. The highest BCUT2D eigenvalue weighted by molar-refractivity contribution is 5.80. The van der Waals surface area contributed by atoms with E-state index in [9.17, 15) is 9.59 Å². The molecule has 1 amide bonds. The zero-order chi connectivity index (χ0) is 13.3. The number of likely N-dealkylation sites (N-methyl/N-ethyl adjacent to an activating group) is 1. The van der Waals surface area contributed by atoms with Gasteiger partial charge in [0.05, 0.1) is 5.92 Å². The molecule has 0 aromatic carbocycles. The molecule has 5 heteroatoms. The van der Waals surface area contributed by atoms with E-state index in [1.807, 2.05) is 19.0 Å². The molecule has 2 rings (SSSR count). The average Bonchev–Trinajstić information content (AvgIpc) is 2.26. The van der Waals surface area contributed by atoms with E-state index in [0.29, 0.717) is 18.9 Å². The van der Waals surface area contributed by atoms with E-state index in [-0.39, 0.29) is 17.7 Å². The second-order valence-electron chi connectivity index (χ2n) is 5.75. The van der Waals surface area contributed by atoms with E-state index < -0.39 is 5.97 Å². The van der Waals surface area contributed by atoms with Gasteiger partial charge in [-0.05, 0) is 39.8 Å². The molecule has 1 saturated heterocycles. The molecular weight excluding hydrogens is 232 g/mol. The van der Waals surface area contributed by atoms with Crippen LogP contribution >= 0.6 is 0 Å². The minimum atomic E-state index is -0.711. The van der Waals surface area contributed by atoms with Crippen molar-refractivity contribution in [2.24, 2.45) is 11.8 Å². The maximum Gasteiger partial charge on any atom is 0.306 e. The average molecular weight is 254 g/mol. The molecule has 1 aliphatic carbocycles. The molecule has 2 aliphatic rings. The molecule has 0 unspecified atom stereocenters. The quantitative estimate of drug-likeness (QED) is 0.803. The lowest BCUT2D eigenvalue weighted by atomic mass is 9.81. The number of nitrogens with zero attached hydrogens (tertiary/aromatic N) is 2. The first-order valence-corrected chi connectivity index (χ1v) is 6.67. The van der Waals surface area contributed by atoms with Crippen LogP contribution in [-0.4, -0.2) is 60.0 Å². The Morgan fingerprint density at radius 3 is 2.00 bits per heavy atom. The summed E-state index contributed by atoms with van der Waals surface area (Å²) in [5.41, 5.74) is 0. The van der Waals surface area contributed by atoms with Gasteiger partial charge < -0.3 is 14.9 Å². The Labute approximate surface area is 108 Å². The van der Waals surface area contributed by atoms with Crippen molar-refractivity contribution in [2.75, 3.05) is 27.2 Å². The van der Waals surface area contributed by atoms with Crippen LogP contribution in [0.3, 0.4) is 0 Å². The van der Waals surface area contributed by atoms with E-state index >= 15 is 0 Å². The summed E-state index contributed by atoms with van der Waals surface area (Å²) in [5, 5.41) is 8.92. The van der Waals surface area contributed by atoms with E-state index in [2.05, 4.69) is 4.90 Å². The number of aliphatic carboxylic acids is 1. The van der Waals surface area contributed by atoms with Crippen molar-refractivity contribution in [1.29, 1.82) is 0 Å². The monoisotopic (exact) mass is 254 g/mol. The van der Waals surface area contributed by atoms with Gasteiger partial charge in [0.25, 0.3) is 0 Å². The highest BCUT2D eigenvalue weighted by Gasteiger charge is 2.37. The second-order valence-corrected chi connectivity index (χ2v) is 5.75. The predicted molar refractivity (Wildman–Crippen MR) is 67.1 cm³/mol. The van der Waals surface area contributed by atoms with Crippen LogP contribution in [0, 0.1) is 11.8 Å². The first-order chi connectivity index (χ1) is 8.49. The van der Waals surface area contributed by atoms with Crippen molar-refractivity contribution in [2.45, 2.75) is 31.7 Å². The summed E-state index contributed by atoms with van der Waals surface area (Å²) in [4.78, 5) is 27.1. The van der Waals surface area contributed by atoms with Crippen LogP contribution in [0.4, 0.5) is 0 Å². The molecule has 0 radical (unpaired) electrons. The molecule has 1 saturated carbocycles. The van der Waals surface area contributed by atoms with Crippen molar-refractivity contribution in [3.05, 3.63) is 0 Å². The summed E-state index contributed by atoms with van der Waals surface area (Å²) in [6.07, 6.45) is 2.77. The summed E-state index contributed by atoms with van der Waals surface area (Å²) < 4.78 is 0. The van der Waals surface area contributed by atoms with Crippen LogP contribution in [0.1, 0.15) is 25.7 Å². The van der Waals surface area contributed by atoms with Crippen molar-refractivity contribution >= 4 is 11.9 Å². The number of carbonyl (C=O) groups excluding carboxylic acids is 1. The lowest BCUT2D eigenvalue weighted by molar-refractivity contribution is -0.148. The first kappa shape index (κ1) is 13.3. The molecule has 0 bridgehead atoms. The van der Waals surface area contributed by atoms with Gasteiger partial charge in [0, 0.05) is 25.0 Å². The van der Waals surface area contributed by atoms with Crippen molar-refractivity contribution < 1.29 is 14.7 Å². The molecule has 2 fully saturated rings. The molecule has 0 spiro atoms. The van der Waals surface area contributed by atoms with Crippen molar-refractivity contribution in [1.82, 2.24) is 9.80 Å². The third-order valence-corrected chi connectivity index (χ3v) is 4.33. The van der Waals surface area contributed by atoms with Crippen LogP contribution in [0.5, 0.6) is 0 Å². The standard InChI is InChI=1S/C13H22N2O3/c1-14(2)11-7-15(8-11)12(16)9-3-5-10(6-4-9)13(17)18/h9-11H,3-8H2,1-2H3,(H,17,18). The fourth-order valence-electron chi connectivity index (χ4n) is 2.81. The number of hydrogen-bond acceptors (Lipinski definition) is 3. The Hall–Kier alpha value is -1.10. The number of rotatable bonds is 3. The lowest BCUT2D eigenvalue weighted by Gasteiger charge is -2.44.